The van der Waals surface area contributed by atoms with Crippen molar-refractivity contribution in [2.75, 3.05) is 6.54 Å². The maximum absolute atomic E-state index is 12.3. The van der Waals surface area contributed by atoms with Crippen molar-refractivity contribution in [3.05, 3.63) is 34.3 Å². The summed E-state index contributed by atoms with van der Waals surface area (Å²) in [5.41, 5.74) is 2.21. The normalized spacial score (nSPS) is 26.1. The molecule has 2 aliphatic rings. The van der Waals surface area contributed by atoms with Crippen LogP contribution >= 0.6 is 11.6 Å². The molecule has 1 atom stereocenters. The van der Waals surface area contributed by atoms with Gasteiger partial charge in [0.05, 0.1) is 5.71 Å². The van der Waals surface area contributed by atoms with E-state index in [1.165, 1.54) is 0 Å². The molecule has 1 saturated heterocycles. The van der Waals surface area contributed by atoms with Crippen LogP contribution in [-0.4, -0.2) is 34.2 Å². The van der Waals surface area contributed by atoms with E-state index in [0.717, 1.165) is 12.1 Å². The van der Waals surface area contributed by atoms with Crippen LogP contribution < -0.4 is 0 Å². The molecule has 0 bridgehead atoms. The molecular weight excluding hydrogens is 240 g/mol. The predicted molar refractivity (Wildman–Crippen MR) is 63.8 cm³/mol. The minimum Gasteiger partial charge on any atom is -0.411 e. The third kappa shape index (κ3) is 1.56. The van der Waals surface area contributed by atoms with Gasteiger partial charge in [0.1, 0.15) is 6.04 Å². The molecule has 4 nitrogen and oxygen atoms in total. The summed E-state index contributed by atoms with van der Waals surface area (Å²) in [5.74, 6) is -0.0148. The number of carbonyl (C=O) groups is 1. The van der Waals surface area contributed by atoms with Gasteiger partial charge in [-0.15, -0.1) is 0 Å². The van der Waals surface area contributed by atoms with Gasteiger partial charge < -0.3 is 5.21 Å². The number of carbonyl (C=O) groups excluding carboxylic acids is 1. The quantitative estimate of drug-likeness (QED) is 0.566. The van der Waals surface area contributed by atoms with Gasteiger partial charge in [-0.3, -0.25) is 9.69 Å². The summed E-state index contributed by atoms with van der Waals surface area (Å²) in [7, 11) is 0. The number of halogens is 1. The van der Waals surface area contributed by atoms with E-state index in [4.69, 9.17) is 16.8 Å². The van der Waals surface area contributed by atoms with Gasteiger partial charge in [0.15, 0.2) is 5.78 Å². The summed E-state index contributed by atoms with van der Waals surface area (Å²) in [6, 6.07) is 4.99. The number of hydrogen-bond acceptors (Lipinski definition) is 4. The van der Waals surface area contributed by atoms with E-state index in [-0.39, 0.29) is 5.78 Å². The van der Waals surface area contributed by atoms with Crippen LogP contribution in [0.2, 0.25) is 5.02 Å². The number of Topliss-reactive ketones (excluding diaryl/α,β-unsaturated/α-hetero) is 1. The number of oxime groups is 1. The molecule has 0 saturated carbocycles. The van der Waals surface area contributed by atoms with Crippen molar-refractivity contribution < 1.29 is 10.0 Å². The first kappa shape index (κ1) is 10.7. The summed E-state index contributed by atoms with van der Waals surface area (Å²) in [6.45, 7) is 1.47. The van der Waals surface area contributed by atoms with Crippen LogP contribution in [0.4, 0.5) is 0 Å². The highest BCUT2D eigenvalue weighted by Gasteiger charge is 2.41. The third-order valence-electron chi connectivity index (χ3n) is 3.42. The number of nitrogens with zero attached hydrogens (tertiary/aromatic N) is 2. The second kappa shape index (κ2) is 3.82. The van der Waals surface area contributed by atoms with E-state index in [1.807, 2.05) is 11.0 Å². The zero-order valence-electron chi connectivity index (χ0n) is 9.06. The standard InChI is InChI=1S/C12H11ClN2O2/c13-8-2-1-7-6-15-4-3-10(14-17)11(15)12(16)9(7)5-8/h1-2,5,11,17H,3-4,6H2/b14-10+. The Morgan fingerprint density at radius 2 is 2.29 bits per heavy atom. The minimum atomic E-state index is -0.397. The molecule has 1 fully saturated rings. The van der Waals surface area contributed by atoms with Gasteiger partial charge in [-0.05, 0) is 17.7 Å². The molecule has 88 valence electrons. The lowest BCUT2D eigenvalue weighted by Gasteiger charge is -2.29. The highest BCUT2D eigenvalue weighted by molar-refractivity contribution is 6.31. The van der Waals surface area contributed by atoms with Gasteiger partial charge in [0.2, 0.25) is 0 Å². The molecule has 0 aliphatic carbocycles. The fourth-order valence-corrected chi connectivity index (χ4v) is 2.78. The van der Waals surface area contributed by atoms with Gasteiger partial charge in [-0.2, -0.15) is 0 Å². The lowest BCUT2D eigenvalue weighted by atomic mass is 9.92. The first-order valence-electron chi connectivity index (χ1n) is 5.48. The molecule has 2 aliphatic heterocycles. The zero-order valence-corrected chi connectivity index (χ0v) is 9.81. The summed E-state index contributed by atoms with van der Waals surface area (Å²) >= 11 is 5.91. The summed E-state index contributed by atoms with van der Waals surface area (Å²) in [5, 5.41) is 12.7. The van der Waals surface area contributed by atoms with Crippen LogP contribution in [0, 0.1) is 0 Å². The molecular formula is C12H11ClN2O2. The monoisotopic (exact) mass is 250 g/mol. The number of fused-ring (bicyclic) bond motifs is 2. The van der Waals surface area contributed by atoms with E-state index in [1.54, 1.807) is 12.1 Å². The van der Waals surface area contributed by atoms with Gasteiger partial charge in [0, 0.05) is 30.1 Å². The SMILES string of the molecule is O=C1c2cc(Cl)ccc2CN2CC/C(=N\O)C12. The molecule has 0 aromatic heterocycles. The van der Waals surface area contributed by atoms with Crippen LogP contribution in [0.15, 0.2) is 23.4 Å². The van der Waals surface area contributed by atoms with Gasteiger partial charge in [-0.1, -0.05) is 22.8 Å². The number of rotatable bonds is 0. The molecule has 17 heavy (non-hydrogen) atoms. The summed E-state index contributed by atoms with van der Waals surface area (Å²) in [4.78, 5) is 14.4. The molecule has 5 heteroatoms. The maximum atomic E-state index is 12.3. The van der Waals surface area contributed by atoms with E-state index >= 15 is 0 Å². The van der Waals surface area contributed by atoms with Crippen LogP contribution in [0.1, 0.15) is 22.3 Å². The van der Waals surface area contributed by atoms with Crippen molar-refractivity contribution in [1.29, 1.82) is 0 Å². The van der Waals surface area contributed by atoms with Crippen molar-refractivity contribution in [3.63, 3.8) is 0 Å². The van der Waals surface area contributed by atoms with Crippen LogP contribution in [0.5, 0.6) is 0 Å². The van der Waals surface area contributed by atoms with Crippen molar-refractivity contribution in [2.24, 2.45) is 5.16 Å². The molecule has 2 heterocycles. The molecule has 0 amide bonds. The Hall–Kier alpha value is -1.39. The van der Waals surface area contributed by atoms with Crippen LogP contribution in [-0.2, 0) is 6.54 Å². The van der Waals surface area contributed by atoms with Crippen molar-refractivity contribution in [1.82, 2.24) is 4.90 Å². The summed E-state index contributed by atoms with van der Waals surface area (Å²) in [6.07, 6.45) is 0.647. The fraction of sp³-hybridized carbons (Fsp3) is 0.333. The van der Waals surface area contributed by atoms with Gasteiger partial charge >= 0.3 is 0 Å². The average molecular weight is 251 g/mol. The Morgan fingerprint density at radius 1 is 1.47 bits per heavy atom. The van der Waals surface area contributed by atoms with Gasteiger partial charge in [-0.25, -0.2) is 0 Å². The van der Waals surface area contributed by atoms with E-state index < -0.39 is 6.04 Å². The smallest absolute Gasteiger partial charge is 0.186 e. The molecule has 1 unspecified atom stereocenters. The Balaban J connectivity index is 2.09. The van der Waals surface area contributed by atoms with E-state index in [0.29, 0.717) is 29.3 Å². The molecule has 0 spiro atoms. The molecule has 0 radical (unpaired) electrons. The number of hydrogen-bond donors (Lipinski definition) is 1. The van der Waals surface area contributed by atoms with Crippen LogP contribution in [0.25, 0.3) is 0 Å². The lowest BCUT2D eigenvalue weighted by molar-refractivity contribution is 0.0873. The lowest BCUT2D eigenvalue weighted by Crippen LogP contribution is -2.43. The number of ketones is 1. The predicted octanol–water partition coefficient (Wildman–Crippen LogP) is 1.94. The second-order valence-corrected chi connectivity index (χ2v) is 4.82. The highest BCUT2D eigenvalue weighted by Crippen LogP contribution is 2.30. The van der Waals surface area contributed by atoms with Crippen molar-refractivity contribution in [2.45, 2.75) is 19.0 Å². The molecule has 1 aromatic rings. The Labute approximate surface area is 103 Å². The average Bonchev–Trinajstić information content (AvgIpc) is 2.73. The topological polar surface area (TPSA) is 52.9 Å². The molecule has 3 rings (SSSR count). The largest absolute Gasteiger partial charge is 0.411 e. The Kier molecular flexibility index (Phi) is 2.42. The van der Waals surface area contributed by atoms with Crippen molar-refractivity contribution in [3.8, 4) is 0 Å². The first-order chi connectivity index (χ1) is 8.20. The highest BCUT2D eigenvalue weighted by atomic mass is 35.5. The first-order valence-corrected chi connectivity index (χ1v) is 5.86. The van der Waals surface area contributed by atoms with Crippen molar-refractivity contribution >= 4 is 23.1 Å². The van der Waals surface area contributed by atoms with E-state index in [9.17, 15) is 4.79 Å². The second-order valence-electron chi connectivity index (χ2n) is 4.38. The van der Waals surface area contributed by atoms with E-state index in [2.05, 4.69) is 5.16 Å². The maximum Gasteiger partial charge on any atom is 0.186 e. The fourth-order valence-electron chi connectivity index (χ4n) is 2.61. The Bertz CT molecular complexity index is 527. The number of benzene rings is 1. The third-order valence-corrected chi connectivity index (χ3v) is 3.66. The molecule has 1 aromatic carbocycles. The van der Waals surface area contributed by atoms with Crippen LogP contribution in [0.3, 0.4) is 0 Å². The van der Waals surface area contributed by atoms with Gasteiger partial charge in [0.25, 0.3) is 0 Å². The summed E-state index contributed by atoms with van der Waals surface area (Å²) < 4.78 is 0. The Morgan fingerprint density at radius 3 is 3.06 bits per heavy atom. The molecule has 1 N–H and O–H groups in total. The minimum absolute atomic E-state index is 0.0148. The zero-order chi connectivity index (χ0) is 12.0.